The molecule has 0 aliphatic carbocycles. The summed E-state index contributed by atoms with van der Waals surface area (Å²) in [7, 11) is 0. The van der Waals surface area contributed by atoms with Gasteiger partial charge in [-0.25, -0.2) is 0 Å². The molecule has 1 atom stereocenters. The van der Waals surface area contributed by atoms with Crippen molar-refractivity contribution in [3.63, 3.8) is 0 Å². The van der Waals surface area contributed by atoms with E-state index in [1.54, 1.807) is 0 Å². The fraction of sp³-hybridized carbons (Fsp3) is 0.429. The molecule has 1 unspecified atom stereocenters. The zero-order valence-electron chi connectivity index (χ0n) is 10.7. The number of aromatic nitrogens is 2. The van der Waals surface area contributed by atoms with Gasteiger partial charge in [-0.3, -0.25) is 9.97 Å². The minimum Gasteiger partial charge on any atom is -0.383 e. The Morgan fingerprint density at radius 1 is 1.42 bits per heavy atom. The van der Waals surface area contributed by atoms with Crippen LogP contribution in [-0.4, -0.2) is 29.1 Å². The average Bonchev–Trinajstić information content (AvgIpc) is 2.92. The highest BCUT2D eigenvalue weighted by molar-refractivity contribution is 9.10. The maximum atomic E-state index is 4.44. The molecule has 2 aromatic rings. The minimum atomic E-state index is 0.669. The molecule has 0 aromatic carbocycles. The molecule has 0 bridgehead atoms. The van der Waals surface area contributed by atoms with Gasteiger partial charge in [0.15, 0.2) is 0 Å². The van der Waals surface area contributed by atoms with E-state index in [1.807, 2.05) is 24.5 Å². The van der Waals surface area contributed by atoms with Gasteiger partial charge in [-0.15, -0.1) is 0 Å². The number of nitrogens with zero attached hydrogens (tertiary/aromatic N) is 2. The molecule has 19 heavy (non-hydrogen) atoms. The third-order valence-electron chi connectivity index (χ3n) is 3.51. The van der Waals surface area contributed by atoms with Gasteiger partial charge in [-0.2, -0.15) is 0 Å². The number of hydrogen-bond acceptors (Lipinski definition) is 4. The van der Waals surface area contributed by atoms with Crippen molar-refractivity contribution < 1.29 is 0 Å². The highest BCUT2D eigenvalue weighted by Crippen LogP contribution is 2.22. The van der Waals surface area contributed by atoms with Gasteiger partial charge >= 0.3 is 0 Å². The van der Waals surface area contributed by atoms with Crippen molar-refractivity contribution in [2.75, 3.05) is 18.4 Å². The molecule has 1 saturated heterocycles. The van der Waals surface area contributed by atoms with Gasteiger partial charge in [-0.05, 0) is 53.9 Å². The Hall–Kier alpha value is -1.20. The summed E-state index contributed by atoms with van der Waals surface area (Å²) in [5.74, 6) is 0. The van der Waals surface area contributed by atoms with Crippen molar-refractivity contribution in [1.82, 2.24) is 15.3 Å². The lowest BCUT2D eigenvalue weighted by molar-refractivity contribution is 0.574. The zero-order chi connectivity index (χ0) is 13.1. The molecule has 4 nitrogen and oxygen atoms in total. The smallest absolute Gasteiger partial charge is 0.112 e. The van der Waals surface area contributed by atoms with E-state index in [9.17, 15) is 0 Å². The third kappa shape index (κ3) is 3.04. The van der Waals surface area contributed by atoms with Gasteiger partial charge < -0.3 is 10.6 Å². The number of halogens is 1. The van der Waals surface area contributed by atoms with Gasteiger partial charge in [0.25, 0.3) is 0 Å². The summed E-state index contributed by atoms with van der Waals surface area (Å²) in [4.78, 5) is 8.79. The first-order valence-electron chi connectivity index (χ1n) is 6.70. The number of anilines is 1. The van der Waals surface area contributed by atoms with Crippen LogP contribution in [0.5, 0.6) is 0 Å². The number of fused-ring (bicyclic) bond motifs is 1. The Morgan fingerprint density at radius 2 is 2.37 bits per heavy atom. The molecule has 100 valence electrons. The van der Waals surface area contributed by atoms with Gasteiger partial charge in [0.05, 0.1) is 11.2 Å². The van der Waals surface area contributed by atoms with Crippen LogP contribution in [0.3, 0.4) is 0 Å². The first kappa shape index (κ1) is 12.8. The quantitative estimate of drug-likeness (QED) is 0.909. The first-order valence-corrected chi connectivity index (χ1v) is 7.50. The predicted molar refractivity (Wildman–Crippen MR) is 81.4 cm³/mol. The van der Waals surface area contributed by atoms with Crippen molar-refractivity contribution in [2.24, 2.45) is 0 Å². The highest BCUT2D eigenvalue weighted by Gasteiger charge is 2.13. The van der Waals surface area contributed by atoms with E-state index in [2.05, 4.69) is 36.5 Å². The minimum absolute atomic E-state index is 0.669. The SMILES string of the molecule is Brc1cnc2c(NCCC3CCCN3)ccnc2c1. The molecular weight excluding hydrogens is 304 g/mol. The monoisotopic (exact) mass is 320 g/mol. The van der Waals surface area contributed by atoms with Crippen LogP contribution in [0.2, 0.25) is 0 Å². The zero-order valence-corrected chi connectivity index (χ0v) is 12.3. The van der Waals surface area contributed by atoms with Gasteiger partial charge in [0.2, 0.25) is 0 Å². The largest absolute Gasteiger partial charge is 0.383 e. The number of rotatable bonds is 4. The van der Waals surface area contributed by atoms with Crippen molar-refractivity contribution in [3.05, 3.63) is 29.0 Å². The Kier molecular flexibility index (Phi) is 3.94. The number of pyridine rings is 2. The molecule has 0 radical (unpaired) electrons. The Bertz CT molecular complexity index is 566. The molecule has 0 spiro atoms. The van der Waals surface area contributed by atoms with E-state index < -0.39 is 0 Å². The Labute approximate surface area is 121 Å². The summed E-state index contributed by atoms with van der Waals surface area (Å²) in [5, 5.41) is 6.99. The third-order valence-corrected chi connectivity index (χ3v) is 3.95. The van der Waals surface area contributed by atoms with Crippen molar-refractivity contribution >= 4 is 32.7 Å². The fourth-order valence-corrected chi connectivity index (χ4v) is 2.85. The Morgan fingerprint density at radius 3 is 3.21 bits per heavy atom. The maximum Gasteiger partial charge on any atom is 0.112 e. The Balaban J connectivity index is 1.70. The molecule has 0 saturated carbocycles. The number of hydrogen-bond donors (Lipinski definition) is 2. The molecule has 1 fully saturated rings. The van der Waals surface area contributed by atoms with Gasteiger partial charge in [0, 0.05) is 29.5 Å². The van der Waals surface area contributed by atoms with E-state index in [0.717, 1.165) is 34.2 Å². The van der Waals surface area contributed by atoms with Crippen LogP contribution in [0, 0.1) is 0 Å². The van der Waals surface area contributed by atoms with Crippen LogP contribution in [0.25, 0.3) is 11.0 Å². The van der Waals surface area contributed by atoms with Crippen LogP contribution >= 0.6 is 15.9 Å². The second kappa shape index (κ2) is 5.84. The summed E-state index contributed by atoms with van der Waals surface area (Å²) < 4.78 is 0.958. The summed E-state index contributed by atoms with van der Waals surface area (Å²) in [6, 6.07) is 4.65. The van der Waals surface area contributed by atoms with Gasteiger partial charge in [-0.1, -0.05) is 0 Å². The van der Waals surface area contributed by atoms with Crippen LogP contribution < -0.4 is 10.6 Å². The van der Waals surface area contributed by atoms with Crippen LogP contribution in [0.4, 0.5) is 5.69 Å². The normalized spacial score (nSPS) is 18.9. The van der Waals surface area contributed by atoms with E-state index >= 15 is 0 Å². The average molecular weight is 321 g/mol. The summed E-state index contributed by atoms with van der Waals surface area (Å²) in [5.41, 5.74) is 2.92. The lowest BCUT2D eigenvalue weighted by Gasteiger charge is -2.12. The van der Waals surface area contributed by atoms with E-state index in [4.69, 9.17) is 0 Å². The van der Waals surface area contributed by atoms with Crippen LogP contribution in [0.15, 0.2) is 29.0 Å². The summed E-state index contributed by atoms with van der Waals surface area (Å²) in [6.07, 6.45) is 7.39. The molecule has 1 aliphatic heterocycles. The fourth-order valence-electron chi connectivity index (χ4n) is 2.53. The molecular formula is C14H17BrN4. The van der Waals surface area contributed by atoms with Crippen LogP contribution in [0.1, 0.15) is 19.3 Å². The van der Waals surface area contributed by atoms with E-state index in [1.165, 1.54) is 19.4 Å². The molecule has 3 rings (SSSR count). The second-order valence-electron chi connectivity index (χ2n) is 4.89. The molecule has 1 aliphatic rings. The van der Waals surface area contributed by atoms with Crippen molar-refractivity contribution in [2.45, 2.75) is 25.3 Å². The molecule has 2 N–H and O–H groups in total. The van der Waals surface area contributed by atoms with Gasteiger partial charge in [0.1, 0.15) is 5.52 Å². The standard InChI is InChI=1S/C14H17BrN4/c15-10-8-13-14(19-9-10)12(4-7-18-13)17-6-3-11-2-1-5-16-11/h4,7-9,11,16H,1-3,5-6H2,(H,17,18). The lowest BCUT2D eigenvalue weighted by atomic mass is 10.1. The topological polar surface area (TPSA) is 49.8 Å². The first-order chi connectivity index (χ1) is 9.33. The molecule has 3 heterocycles. The number of nitrogens with one attached hydrogen (secondary N) is 2. The highest BCUT2D eigenvalue weighted by atomic mass is 79.9. The van der Waals surface area contributed by atoms with Crippen LogP contribution in [-0.2, 0) is 0 Å². The van der Waals surface area contributed by atoms with E-state index in [-0.39, 0.29) is 0 Å². The van der Waals surface area contributed by atoms with Crippen molar-refractivity contribution in [3.8, 4) is 0 Å². The summed E-state index contributed by atoms with van der Waals surface area (Å²) >= 11 is 3.42. The summed E-state index contributed by atoms with van der Waals surface area (Å²) in [6.45, 7) is 2.13. The lowest BCUT2D eigenvalue weighted by Crippen LogP contribution is -2.24. The molecule has 2 aromatic heterocycles. The van der Waals surface area contributed by atoms with Crippen molar-refractivity contribution in [1.29, 1.82) is 0 Å². The van der Waals surface area contributed by atoms with E-state index in [0.29, 0.717) is 6.04 Å². The molecule has 5 heteroatoms. The predicted octanol–water partition coefficient (Wildman–Crippen LogP) is 2.95. The molecule has 0 amide bonds. The maximum absolute atomic E-state index is 4.44. The second-order valence-corrected chi connectivity index (χ2v) is 5.80.